The predicted molar refractivity (Wildman–Crippen MR) is 85.5 cm³/mol. The zero-order chi connectivity index (χ0) is 14.8. The number of hydrogen-bond acceptors (Lipinski definition) is 4. The number of benzene rings is 1. The SMILES string of the molecule is CCN1CCCC(C(C)Nc2cc3c(cc2Cl)OCO3)C1. The van der Waals surface area contributed by atoms with Crippen LogP contribution in [0.3, 0.4) is 0 Å². The number of rotatable bonds is 4. The lowest BCUT2D eigenvalue weighted by Crippen LogP contribution is -2.41. The highest BCUT2D eigenvalue weighted by molar-refractivity contribution is 6.33. The molecule has 1 saturated heterocycles. The van der Waals surface area contributed by atoms with Gasteiger partial charge in [-0.2, -0.15) is 0 Å². The van der Waals surface area contributed by atoms with Crippen LogP contribution in [0, 0.1) is 5.92 Å². The average molecular weight is 311 g/mol. The lowest BCUT2D eigenvalue weighted by atomic mass is 9.91. The fourth-order valence-corrected chi connectivity index (χ4v) is 3.39. The van der Waals surface area contributed by atoms with E-state index in [0.29, 0.717) is 17.0 Å². The number of likely N-dealkylation sites (tertiary alicyclic amines) is 1. The predicted octanol–water partition coefficient (Wildman–Crippen LogP) is 3.60. The van der Waals surface area contributed by atoms with Crippen molar-refractivity contribution in [2.45, 2.75) is 32.7 Å². The summed E-state index contributed by atoms with van der Waals surface area (Å²) >= 11 is 6.34. The Bertz CT molecular complexity index is 509. The molecule has 1 fully saturated rings. The van der Waals surface area contributed by atoms with Crippen LogP contribution in [0.25, 0.3) is 0 Å². The Kier molecular flexibility index (Phi) is 4.45. The summed E-state index contributed by atoms with van der Waals surface area (Å²) in [6, 6.07) is 4.16. The first-order valence-corrected chi connectivity index (χ1v) is 8.13. The van der Waals surface area contributed by atoms with Gasteiger partial charge in [-0.05, 0) is 38.8 Å². The molecule has 0 bridgehead atoms. The Hall–Kier alpha value is -1.13. The van der Waals surface area contributed by atoms with Gasteiger partial charge in [0.25, 0.3) is 0 Å². The van der Waals surface area contributed by atoms with Crippen LogP contribution in [0.5, 0.6) is 11.5 Å². The minimum atomic E-state index is 0.277. The highest BCUT2D eigenvalue weighted by Gasteiger charge is 2.25. The van der Waals surface area contributed by atoms with Crippen LogP contribution >= 0.6 is 11.6 Å². The Labute approximate surface area is 131 Å². The van der Waals surface area contributed by atoms with E-state index in [1.54, 1.807) is 0 Å². The van der Waals surface area contributed by atoms with Gasteiger partial charge in [0, 0.05) is 24.7 Å². The van der Waals surface area contributed by atoms with Gasteiger partial charge < -0.3 is 19.7 Å². The van der Waals surface area contributed by atoms with Gasteiger partial charge in [-0.15, -0.1) is 0 Å². The summed E-state index contributed by atoms with van der Waals surface area (Å²) in [5, 5.41) is 4.25. The van der Waals surface area contributed by atoms with Gasteiger partial charge in [0.05, 0.1) is 10.7 Å². The van der Waals surface area contributed by atoms with E-state index in [2.05, 4.69) is 24.1 Å². The number of nitrogens with zero attached hydrogens (tertiary/aromatic N) is 1. The van der Waals surface area contributed by atoms with Crippen molar-refractivity contribution in [1.29, 1.82) is 0 Å². The molecule has 0 amide bonds. The third-order valence-electron chi connectivity index (χ3n) is 4.54. The number of hydrogen-bond donors (Lipinski definition) is 1. The fourth-order valence-electron chi connectivity index (χ4n) is 3.18. The van der Waals surface area contributed by atoms with E-state index in [-0.39, 0.29) is 6.79 Å². The van der Waals surface area contributed by atoms with Crippen LogP contribution in [-0.4, -0.2) is 37.4 Å². The standard InChI is InChI=1S/C16H23ClN2O2/c1-3-19-6-4-5-12(9-19)11(2)18-14-8-16-15(7-13(14)17)20-10-21-16/h7-8,11-12,18H,3-6,9-10H2,1-2H3. The fraction of sp³-hybridized carbons (Fsp3) is 0.625. The van der Waals surface area contributed by atoms with Crippen molar-refractivity contribution >= 4 is 17.3 Å². The zero-order valence-electron chi connectivity index (χ0n) is 12.7. The maximum Gasteiger partial charge on any atom is 0.231 e. The zero-order valence-corrected chi connectivity index (χ0v) is 13.4. The van der Waals surface area contributed by atoms with E-state index in [9.17, 15) is 0 Å². The quantitative estimate of drug-likeness (QED) is 0.921. The molecule has 1 aromatic carbocycles. The minimum Gasteiger partial charge on any atom is -0.454 e. The van der Waals surface area contributed by atoms with Crippen LogP contribution in [0.1, 0.15) is 26.7 Å². The first-order valence-electron chi connectivity index (χ1n) is 7.75. The number of fused-ring (bicyclic) bond motifs is 1. The molecule has 2 atom stereocenters. The molecule has 0 spiro atoms. The first kappa shape index (κ1) is 14.8. The topological polar surface area (TPSA) is 33.7 Å². The van der Waals surface area contributed by atoms with Crippen molar-refractivity contribution in [2.75, 3.05) is 31.7 Å². The summed E-state index contributed by atoms with van der Waals surface area (Å²) < 4.78 is 10.8. The molecule has 5 heteroatoms. The van der Waals surface area contributed by atoms with Crippen LogP contribution in [0.4, 0.5) is 5.69 Å². The summed E-state index contributed by atoms with van der Waals surface area (Å²) in [6.07, 6.45) is 2.55. The van der Waals surface area contributed by atoms with E-state index >= 15 is 0 Å². The van der Waals surface area contributed by atoms with Gasteiger partial charge in [-0.1, -0.05) is 18.5 Å². The average Bonchev–Trinajstić information content (AvgIpc) is 2.94. The van der Waals surface area contributed by atoms with Crippen molar-refractivity contribution in [3.8, 4) is 11.5 Å². The molecule has 4 nitrogen and oxygen atoms in total. The summed E-state index contributed by atoms with van der Waals surface area (Å²) in [5.41, 5.74) is 0.932. The first-order chi connectivity index (χ1) is 10.2. The second-order valence-electron chi connectivity index (χ2n) is 5.91. The van der Waals surface area contributed by atoms with Crippen LogP contribution < -0.4 is 14.8 Å². The van der Waals surface area contributed by atoms with E-state index in [0.717, 1.165) is 30.3 Å². The van der Waals surface area contributed by atoms with Crippen molar-refractivity contribution in [2.24, 2.45) is 5.92 Å². The second-order valence-corrected chi connectivity index (χ2v) is 6.32. The molecule has 3 rings (SSSR count). The van der Waals surface area contributed by atoms with Crippen molar-refractivity contribution in [3.05, 3.63) is 17.2 Å². The highest BCUT2D eigenvalue weighted by atomic mass is 35.5. The van der Waals surface area contributed by atoms with E-state index < -0.39 is 0 Å². The number of anilines is 1. The van der Waals surface area contributed by atoms with Crippen LogP contribution in [0.15, 0.2) is 12.1 Å². The van der Waals surface area contributed by atoms with Crippen LogP contribution in [-0.2, 0) is 0 Å². The van der Waals surface area contributed by atoms with E-state index in [1.807, 2.05) is 12.1 Å². The molecule has 0 saturated carbocycles. The number of piperidine rings is 1. The molecule has 0 aromatic heterocycles. The molecule has 0 aliphatic carbocycles. The lowest BCUT2D eigenvalue weighted by molar-refractivity contribution is 0.172. The Morgan fingerprint density at radius 2 is 2.14 bits per heavy atom. The minimum absolute atomic E-state index is 0.277. The number of halogens is 1. The van der Waals surface area contributed by atoms with Crippen molar-refractivity contribution in [3.63, 3.8) is 0 Å². The Morgan fingerprint density at radius 3 is 2.90 bits per heavy atom. The van der Waals surface area contributed by atoms with Gasteiger partial charge >= 0.3 is 0 Å². The van der Waals surface area contributed by atoms with Gasteiger partial charge in [-0.3, -0.25) is 0 Å². The van der Waals surface area contributed by atoms with Gasteiger partial charge in [0.1, 0.15) is 0 Å². The van der Waals surface area contributed by atoms with Gasteiger partial charge in [0.15, 0.2) is 11.5 Å². The molecule has 2 unspecified atom stereocenters. The molecular weight excluding hydrogens is 288 g/mol. The monoisotopic (exact) mass is 310 g/mol. The molecule has 0 radical (unpaired) electrons. The normalized spacial score (nSPS) is 23.1. The third kappa shape index (κ3) is 3.22. The van der Waals surface area contributed by atoms with Crippen LogP contribution in [0.2, 0.25) is 5.02 Å². The number of nitrogens with one attached hydrogen (secondary N) is 1. The molecule has 2 heterocycles. The molecule has 2 aliphatic heterocycles. The summed E-state index contributed by atoms with van der Waals surface area (Å²) in [6.45, 7) is 8.27. The maximum absolute atomic E-state index is 6.34. The lowest BCUT2D eigenvalue weighted by Gasteiger charge is -2.35. The maximum atomic E-state index is 6.34. The smallest absolute Gasteiger partial charge is 0.231 e. The molecule has 116 valence electrons. The summed E-state index contributed by atoms with van der Waals surface area (Å²) in [4.78, 5) is 2.52. The van der Waals surface area contributed by atoms with Gasteiger partial charge in [-0.25, -0.2) is 0 Å². The molecule has 21 heavy (non-hydrogen) atoms. The molecule has 1 aromatic rings. The van der Waals surface area contributed by atoms with Gasteiger partial charge in [0.2, 0.25) is 6.79 Å². The molecule has 2 aliphatic rings. The second kappa shape index (κ2) is 6.32. The summed E-state index contributed by atoms with van der Waals surface area (Å²) in [7, 11) is 0. The summed E-state index contributed by atoms with van der Waals surface area (Å²) in [5.74, 6) is 2.15. The highest BCUT2D eigenvalue weighted by Crippen LogP contribution is 2.39. The van der Waals surface area contributed by atoms with Crippen molar-refractivity contribution < 1.29 is 9.47 Å². The van der Waals surface area contributed by atoms with E-state index in [4.69, 9.17) is 21.1 Å². The largest absolute Gasteiger partial charge is 0.454 e. The molecular formula is C16H23ClN2O2. The Balaban J connectivity index is 1.68. The third-order valence-corrected chi connectivity index (χ3v) is 4.85. The van der Waals surface area contributed by atoms with Crippen molar-refractivity contribution in [1.82, 2.24) is 4.90 Å². The van der Waals surface area contributed by atoms with E-state index in [1.165, 1.54) is 19.4 Å². The Morgan fingerprint density at radius 1 is 1.38 bits per heavy atom. The number of ether oxygens (including phenoxy) is 2. The molecule has 1 N–H and O–H groups in total.